The molecule has 0 spiro atoms. The SMILES string of the molecule is O=C(Nc1ccc(SC(C(=O)Nc2ccccc2C(F)(F)F)c2ccccc2)cc1)/C(=C/c1ccsc1)NC(=O)c1ccccc1. The lowest BCUT2D eigenvalue weighted by atomic mass is 10.1. The van der Waals surface area contributed by atoms with Gasteiger partial charge in [-0.15, -0.1) is 11.8 Å². The third kappa shape index (κ3) is 8.52. The zero-order valence-corrected chi connectivity index (χ0v) is 25.6. The molecule has 1 aromatic heterocycles. The first-order valence-electron chi connectivity index (χ1n) is 13.9. The predicted molar refractivity (Wildman–Crippen MR) is 176 cm³/mol. The van der Waals surface area contributed by atoms with Gasteiger partial charge in [0.1, 0.15) is 10.9 Å². The maximum Gasteiger partial charge on any atom is 0.418 e. The van der Waals surface area contributed by atoms with Crippen LogP contribution in [0.1, 0.15) is 32.3 Å². The summed E-state index contributed by atoms with van der Waals surface area (Å²) in [5.41, 5.74) is 0.956. The van der Waals surface area contributed by atoms with Crippen molar-refractivity contribution in [2.45, 2.75) is 16.3 Å². The molecular weight excluding hydrogens is 632 g/mol. The van der Waals surface area contributed by atoms with Crippen LogP contribution < -0.4 is 16.0 Å². The summed E-state index contributed by atoms with van der Waals surface area (Å²) in [5, 5.41) is 10.7. The number of halogens is 3. The molecule has 5 aromatic rings. The van der Waals surface area contributed by atoms with E-state index in [0.29, 0.717) is 21.7 Å². The molecule has 0 bridgehead atoms. The first-order valence-corrected chi connectivity index (χ1v) is 15.7. The molecule has 46 heavy (non-hydrogen) atoms. The minimum Gasteiger partial charge on any atom is -0.324 e. The van der Waals surface area contributed by atoms with E-state index in [-0.39, 0.29) is 11.4 Å². The van der Waals surface area contributed by atoms with Crippen LogP contribution in [0.2, 0.25) is 0 Å². The minimum absolute atomic E-state index is 0.0469. The van der Waals surface area contributed by atoms with E-state index in [1.54, 1.807) is 91.0 Å². The molecule has 5 rings (SSSR count). The van der Waals surface area contributed by atoms with E-state index in [1.807, 2.05) is 16.8 Å². The van der Waals surface area contributed by atoms with Crippen molar-refractivity contribution in [2.75, 3.05) is 10.6 Å². The van der Waals surface area contributed by atoms with E-state index < -0.39 is 34.7 Å². The lowest BCUT2D eigenvalue weighted by Crippen LogP contribution is -2.30. The van der Waals surface area contributed by atoms with Crippen molar-refractivity contribution >= 4 is 58.3 Å². The van der Waals surface area contributed by atoms with E-state index in [9.17, 15) is 27.6 Å². The molecule has 11 heteroatoms. The van der Waals surface area contributed by atoms with Crippen molar-refractivity contribution in [1.29, 1.82) is 0 Å². The van der Waals surface area contributed by atoms with E-state index in [4.69, 9.17) is 0 Å². The van der Waals surface area contributed by atoms with Crippen LogP contribution in [0.4, 0.5) is 24.5 Å². The number of nitrogens with one attached hydrogen (secondary N) is 3. The van der Waals surface area contributed by atoms with Gasteiger partial charge in [0.15, 0.2) is 0 Å². The summed E-state index contributed by atoms with van der Waals surface area (Å²) in [6.45, 7) is 0. The molecule has 0 saturated heterocycles. The quantitative estimate of drug-likeness (QED) is 0.104. The Morgan fingerprint density at radius 2 is 1.41 bits per heavy atom. The highest BCUT2D eigenvalue weighted by atomic mass is 32.2. The van der Waals surface area contributed by atoms with E-state index in [0.717, 1.165) is 23.4 Å². The monoisotopic (exact) mass is 657 g/mol. The molecular formula is C35H26F3N3O3S2. The zero-order chi connectivity index (χ0) is 32.5. The maximum absolute atomic E-state index is 13.6. The molecule has 4 aromatic carbocycles. The Labute approximate surface area is 271 Å². The van der Waals surface area contributed by atoms with Crippen LogP contribution in [0.5, 0.6) is 0 Å². The van der Waals surface area contributed by atoms with Crippen LogP contribution in [0.15, 0.2) is 137 Å². The summed E-state index contributed by atoms with van der Waals surface area (Å²) in [4.78, 5) is 40.2. The van der Waals surface area contributed by atoms with Gasteiger partial charge in [-0.05, 0) is 82.6 Å². The van der Waals surface area contributed by atoms with Gasteiger partial charge in [-0.3, -0.25) is 14.4 Å². The molecule has 0 aliphatic carbocycles. The van der Waals surface area contributed by atoms with Gasteiger partial charge in [-0.1, -0.05) is 60.7 Å². The standard InChI is InChI=1S/C35H26F3N3O3S2/c36-35(37,38)28-13-7-8-14-29(28)40-34(44)31(24-9-3-1-4-10-24)46-27-17-15-26(16-18-27)39-33(43)30(21-23-19-20-45-22-23)41-32(42)25-11-5-2-6-12-25/h1-22,31H,(H,39,43)(H,40,44)(H,41,42)/b30-21-. The van der Waals surface area contributed by atoms with Gasteiger partial charge in [0.05, 0.1) is 11.3 Å². The second-order valence-electron chi connectivity index (χ2n) is 9.85. The highest BCUT2D eigenvalue weighted by molar-refractivity contribution is 8.00. The van der Waals surface area contributed by atoms with Crippen molar-refractivity contribution in [3.05, 3.63) is 154 Å². The minimum atomic E-state index is -4.64. The Morgan fingerprint density at radius 3 is 2.07 bits per heavy atom. The lowest BCUT2D eigenvalue weighted by molar-refractivity contribution is -0.137. The third-order valence-corrected chi connectivity index (χ3v) is 8.55. The highest BCUT2D eigenvalue weighted by Crippen LogP contribution is 2.39. The fourth-order valence-corrected chi connectivity index (χ4v) is 6.00. The fourth-order valence-electron chi connectivity index (χ4n) is 4.36. The Balaban J connectivity index is 1.32. The molecule has 0 radical (unpaired) electrons. The summed E-state index contributed by atoms with van der Waals surface area (Å²) in [5.74, 6) is -1.60. The Hall–Kier alpha value is -5.13. The average molecular weight is 658 g/mol. The van der Waals surface area contributed by atoms with Crippen LogP contribution in [-0.2, 0) is 15.8 Å². The van der Waals surface area contributed by atoms with Crippen molar-refractivity contribution in [1.82, 2.24) is 5.32 Å². The van der Waals surface area contributed by atoms with Crippen LogP contribution in [0.3, 0.4) is 0 Å². The highest BCUT2D eigenvalue weighted by Gasteiger charge is 2.34. The van der Waals surface area contributed by atoms with Gasteiger partial charge in [0, 0.05) is 16.1 Å². The van der Waals surface area contributed by atoms with E-state index in [1.165, 1.54) is 29.5 Å². The maximum atomic E-state index is 13.6. The number of alkyl halides is 3. The summed E-state index contributed by atoms with van der Waals surface area (Å²) >= 11 is 2.60. The Bertz CT molecular complexity index is 1830. The molecule has 1 atom stereocenters. The first kappa shape index (κ1) is 32.3. The number of carbonyl (C=O) groups excluding carboxylic acids is 3. The first-order chi connectivity index (χ1) is 22.2. The molecule has 6 nitrogen and oxygen atoms in total. The molecule has 0 aliphatic heterocycles. The smallest absolute Gasteiger partial charge is 0.324 e. The summed E-state index contributed by atoms with van der Waals surface area (Å²) < 4.78 is 40.7. The van der Waals surface area contributed by atoms with Crippen LogP contribution in [-0.4, -0.2) is 17.7 Å². The molecule has 0 saturated carbocycles. The Kier molecular flexibility index (Phi) is 10.4. The number of hydrogen-bond donors (Lipinski definition) is 3. The van der Waals surface area contributed by atoms with Crippen LogP contribution in [0.25, 0.3) is 6.08 Å². The second kappa shape index (κ2) is 14.8. The number of thioether (sulfide) groups is 1. The van der Waals surface area contributed by atoms with Crippen molar-refractivity contribution in [3.63, 3.8) is 0 Å². The molecule has 0 fully saturated rings. The van der Waals surface area contributed by atoms with Gasteiger partial charge >= 0.3 is 6.18 Å². The number of carbonyl (C=O) groups is 3. The van der Waals surface area contributed by atoms with Crippen molar-refractivity contribution < 1.29 is 27.6 Å². The van der Waals surface area contributed by atoms with Crippen LogP contribution in [0, 0.1) is 0 Å². The normalized spacial score (nSPS) is 12.2. The molecule has 1 heterocycles. The van der Waals surface area contributed by atoms with E-state index in [2.05, 4.69) is 16.0 Å². The van der Waals surface area contributed by atoms with Gasteiger partial charge in [-0.2, -0.15) is 24.5 Å². The fraction of sp³-hybridized carbons (Fsp3) is 0.0571. The van der Waals surface area contributed by atoms with Gasteiger partial charge in [0.2, 0.25) is 5.91 Å². The number of benzene rings is 4. The largest absolute Gasteiger partial charge is 0.418 e. The predicted octanol–water partition coefficient (Wildman–Crippen LogP) is 8.65. The number of anilines is 2. The topological polar surface area (TPSA) is 87.3 Å². The Morgan fingerprint density at radius 1 is 0.761 bits per heavy atom. The molecule has 3 N–H and O–H groups in total. The number of para-hydroxylation sites is 1. The van der Waals surface area contributed by atoms with Crippen molar-refractivity contribution in [2.24, 2.45) is 0 Å². The molecule has 1 unspecified atom stereocenters. The van der Waals surface area contributed by atoms with Crippen molar-refractivity contribution in [3.8, 4) is 0 Å². The summed E-state index contributed by atoms with van der Waals surface area (Å²) in [6.07, 6.45) is -3.06. The van der Waals surface area contributed by atoms with Crippen LogP contribution >= 0.6 is 23.1 Å². The molecule has 3 amide bonds. The number of thiophene rings is 1. The number of rotatable bonds is 10. The number of hydrogen-bond acceptors (Lipinski definition) is 5. The summed E-state index contributed by atoms with van der Waals surface area (Å²) in [6, 6.07) is 30.6. The zero-order valence-electron chi connectivity index (χ0n) is 24.0. The molecule has 0 aliphatic rings. The average Bonchev–Trinajstić information content (AvgIpc) is 3.58. The number of amides is 3. The van der Waals surface area contributed by atoms with Gasteiger partial charge < -0.3 is 16.0 Å². The second-order valence-corrected chi connectivity index (χ2v) is 11.8. The van der Waals surface area contributed by atoms with Gasteiger partial charge in [0.25, 0.3) is 11.8 Å². The lowest BCUT2D eigenvalue weighted by Gasteiger charge is -2.19. The van der Waals surface area contributed by atoms with Gasteiger partial charge in [-0.25, -0.2) is 0 Å². The molecule has 232 valence electrons. The third-order valence-electron chi connectivity index (χ3n) is 6.58. The summed E-state index contributed by atoms with van der Waals surface area (Å²) in [7, 11) is 0. The van der Waals surface area contributed by atoms with E-state index >= 15 is 0 Å².